The summed E-state index contributed by atoms with van der Waals surface area (Å²) >= 11 is 0. The van der Waals surface area contributed by atoms with Crippen molar-refractivity contribution in [1.29, 1.82) is 0 Å². The highest BCUT2D eigenvalue weighted by molar-refractivity contribution is 5.99. The fourth-order valence-corrected chi connectivity index (χ4v) is 2.99. The molecule has 0 radical (unpaired) electrons. The second-order valence-electron chi connectivity index (χ2n) is 6.57. The summed E-state index contributed by atoms with van der Waals surface area (Å²) < 4.78 is 10.8. The number of amides is 3. The molecule has 3 amide bonds. The molecule has 1 aliphatic heterocycles. The zero-order chi connectivity index (χ0) is 19.1. The van der Waals surface area contributed by atoms with Crippen LogP contribution in [0.5, 0.6) is 5.75 Å². The van der Waals surface area contributed by atoms with Crippen molar-refractivity contribution >= 4 is 17.6 Å². The number of nitrogens with zero attached hydrogens (tertiary/aromatic N) is 2. The van der Waals surface area contributed by atoms with E-state index in [4.69, 9.17) is 9.47 Å². The monoisotopic (exact) mass is 364 g/mol. The number of nitrogens with one attached hydrogen (secondary N) is 2. The first-order valence-electron chi connectivity index (χ1n) is 8.63. The third-order valence-corrected chi connectivity index (χ3v) is 4.17. The molecule has 2 rings (SSSR count). The summed E-state index contributed by atoms with van der Waals surface area (Å²) in [6.07, 6.45) is 0. The molecule has 1 fully saturated rings. The number of methoxy groups -OCH3 is 1. The van der Waals surface area contributed by atoms with Gasteiger partial charge in [0.1, 0.15) is 5.75 Å². The van der Waals surface area contributed by atoms with Crippen molar-refractivity contribution in [1.82, 2.24) is 15.1 Å². The molecule has 26 heavy (non-hydrogen) atoms. The molecule has 2 N–H and O–H groups in total. The van der Waals surface area contributed by atoms with Crippen molar-refractivity contribution in [2.45, 2.75) is 0 Å². The van der Waals surface area contributed by atoms with E-state index in [0.717, 1.165) is 6.54 Å². The Labute approximate surface area is 154 Å². The molecule has 8 nitrogen and oxygen atoms in total. The van der Waals surface area contributed by atoms with E-state index >= 15 is 0 Å². The van der Waals surface area contributed by atoms with Crippen molar-refractivity contribution in [2.75, 3.05) is 66.4 Å². The van der Waals surface area contributed by atoms with Crippen LogP contribution in [0.3, 0.4) is 0 Å². The number of benzene rings is 1. The highest BCUT2D eigenvalue weighted by Gasteiger charge is 2.23. The average Bonchev–Trinajstić information content (AvgIpc) is 2.86. The first-order valence-corrected chi connectivity index (χ1v) is 8.63. The summed E-state index contributed by atoms with van der Waals surface area (Å²) in [5, 5.41) is 5.44. The number of anilines is 1. The van der Waals surface area contributed by atoms with Gasteiger partial charge in [0.05, 0.1) is 25.9 Å². The lowest BCUT2D eigenvalue weighted by Gasteiger charge is -2.25. The second kappa shape index (κ2) is 9.40. The Kier molecular flexibility index (Phi) is 7.23. The molecule has 0 bridgehead atoms. The number of urea groups is 1. The fraction of sp³-hybridized carbons (Fsp3) is 0.556. The van der Waals surface area contributed by atoms with E-state index in [0.29, 0.717) is 43.3 Å². The maximum Gasteiger partial charge on any atom is 0.321 e. The zero-order valence-corrected chi connectivity index (χ0v) is 15.9. The van der Waals surface area contributed by atoms with Crippen molar-refractivity contribution in [3.63, 3.8) is 0 Å². The molecule has 1 saturated heterocycles. The molecule has 1 aromatic rings. The predicted molar refractivity (Wildman–Crippen MR) is 99.8 cm³/mol. The van der Waals surface area contributed by atoms with Crippen LogP contribution >= 0.6 is 0 Å². The van der Waals surface area contributed by atoms with E-state index in [9.17, 15) is 9.59 Å². The van der Waals surface area contributed by atoms with Crippen LogP contribution in [0.2, 0.25) is 0 Å². The van der Waals surface area contributed by atoms with Gasteiger partial charge < -0.3 is 29.9 Å². The van der Waals surface area contributed by atoms with Gasteiger partial charge in [-0.25, -0.2) is 4.79 Å². The minimum Gasteiger partial charge on any atom is -0.496 e. The molecule has 0 spiro atoms. The van der Waals surface area contributed by atoms with Crippen molar-refractivity contribution in [2.24, 2.45) is 5.92 Å². The topological polar surface area (TPSA) is 83.1 Å². The zero-order valence-electron chi connectivity index (χ0n) is 15.9. The Morgan fingerprint density at radius 3 is 2.81 bits per heavy atom. The molecular weight excluding hydrogens is 336 g/mol. The lowest BCUT2D eigenvalue weighted by Crippen LogP contribution is -2.41. The van der Waals surface area contributed by atoms with Gasteiger partial charge in [0, 0.05) is 38.3 Å². The molecular formula is C18H28N4O4. The van der Waals surface area contributed by atoms with E-state index in [2.05, 4.69) is 15.5 Å². The minimum absolute atomic E-state index is 0.202. The average molecular weight is 364 g/mol. The van der Waals surface area contributed by atoms with Gasteiger partial charge in [-0.15, -0.1) is 0 Å². The number of carbonyl (C=O) groups is 2. The van der Waals surface area contributed by atoms with Gasteiger partial charge in [-0.2, -0.15) is 0 Å². The third-order valence-electron chi connectivity index (χ3n) is 4.17. The van der Waals surface area contributed by atoms with Crippen LogP contribution in [0, 0.1) is 5.92 Å². The fourth-order valence-electron chi connectivity index (χ4n) is 2.99. The van der Waals surface area contributed by atoms with Crippen LogP contribution in [-0.4, -0.2) is 82.8 Å². The molecule has 1 aliphatic rings. The normalized spacial score (nSPS) is 17.6. The summed E-state index contributed by atoms with van der Waals surface area (Å²) in [7, 11) is 7.07. The second-order valence-corrected chi connectivity index (χ2v) is 6.57. The minimum atomic E-state index is -0.271. The van der Waals surface area contributed by atoms with E-state index in [1.807, 2.05) is 14.1 Å². The van der Waals surface area contributed by atoms with Crippen LogP contribution in [0.15, 0.2) is 18.2 Å². The van der Waals surface area contributed by atoms with E-state index < -0.39 is 0 Å². The highest BCUT2D eigenvalue weighted by Crippen LogP contribution is 2.23. The maximum atomic E-state index is 12.7. The Morgan fingerprint density at radius 2 is 2.15 bits per heavy atom. The van der Waals surface area contributed by atoms with Gasteiger partial charge in [0.15, 0.2) is 0 Å². The first-order chi connectivity index (χ1) is 12.4. The quantitative estimate of drug-likeness (QED) is 0.817. The third kappa shape index (κ3) is 5.34. The molecule has 0 aromatic heterocycles. The molecule has 0 saturated carbocycles. The van der Waals surface area contributed by atoms with E-state index in [-0.39, 0.29) is 17.9 Å². The number of hydrogen-bond donors (Lipinski definition) is 2. The number of carbonyl (C=O) groups excluding carboxylic acids is 2. The van der Waals surface area contributed by atoms with E-state index in [1.54, 1.807) is 30.1 Å². The summed E-state index contributed by atoms with van der Waals surface area (Å²) in [5.74, 6) is 0.444. The van der Waals surface area contributed by atoms with Gasteiger partial charge in [-0.3, -0.25) is 4.79 Å². The molecule has 0 aliphatic carbocycles. The van der Waals surface area contributed by atoms with Crippen LogP contribution in [0.4, 0.5) is 10.5 Å². The van der Waals surface area contributed by atoms with Gasteiger partial charge >= 0.3 is 6.03 Å². The molecule has 0 unspecified atom stereocenters. The Hall–Kier alpha value is -2.32. The van der Waals surface area contributed by atoms with E-state index in [1.165, 1.54) is 7.11 Å². The lowest BCUT2D eigenvalue weighted by molar-refractivity contribution is 0.0960. The maximum absolute atomic E-state index is 12.7. The summed E-state index contributed by atoms with van der Waals surface area (Å²) in [4.78, 5) is 28.5. The van der Waals surface area contributed by atoms with Crippen LogP contribution in [0.1, 0.15) is 10.4 Å². The highest BCUT2D eigenvalue weighted by atomic mass is 16.5. The van der Waals surface area contributed by atoms with Crippen molar-refractivity contribution in [3.8, 4) is 5.75 Å². The van der Waals surface area contributed by atoms with Gasteiger partial charge in [-0.1, -0.05) is 0 Å². The molecule has 1 heterocycles. The SMILES string of the molecule is CNC(=O)c1cc(NC(=O)N2CCOC[C@@H](CN(C)C)C2)ccc1OC. The molecule has 1 atom stereocenters. The lowest BCUT2D eigenvalue weighted by atomic mass is 10.1. The summed E-state index contributed by atoms with van der Waals surface area (Å²) in [5.41, 5.74) is 0.918. The van der Waals surface area contributed by atoms with Gasteiger partial charge in [-0.05, 0) is 32.3 Å². The molecule has 8 heteroatoms. The van der Waals surface area contributed by atoms with Crippen LogP contribution in [-0.2, 0) is 4.74 Å². The van der Waals surface area contributed by atoms with Crippen LogP contribution < -0.4 is 15.4 Å². The standard InChI is InChI=1S/C18H28N4O4/c1-19-17(23)15-9-14(5-6-16(15)25-4)20-18(24)22-7-8-26-12-13(11-22)10-21(2)3/h5-6,9,13H,7-8,10-12H2,1-4H3,(H,19,23)(H,20,24)/t13-/m0/s1. The summed E-state index contributed by atoms with van der Waals surface area (Å²) in [6, 6.07) is 4.79. The summed E-state index contributed by atoms with van der Waals surface area (Å²) in [6.45, 7) is 3.18. The Morgan fingerprint density at radius 1 is 1.38 bits per heavy atom. The van der Waals surface area contributed by atoms with Crippen molar-refractivity contribution in [3.05, 3.63) is 23.8 Å². The number of hydrogen-bond acceptors (Lipinski definition) is 5. The molecule has 144 valence electrons. The van der Waals surface area contributed by atoms with Crippen LogP contribution in [0.25, 0.3) is 0 Å². The Balaban J connectivity index is 2.09. The number of ether oxygens (including phenoxy) is 2. The van der Waals surface area contributed by atoms with Crippen molar-refractivity contribution < 1.29 is 19.1 Å². The number of rotatable bonds is 5. The Bertz CT molecular complexity index is 636. The predicted octanol–water partition coefficient (Wildman–Crippen LogP) is 1.10. The largest absolute Gasteiger partial charge is 0.496 e. The molecule has 1 aromatic carbocycles. The van der Waals surface area contributed by atoms with Gasteiger partial charge in [0.25, 0.3) is 5.91 Å². The van der Waals surface area contributed by atoms with Gasteiger partial charge in [0.2, 0.25) is 0 Å². The first kappa shape index (κ1) is 20.0. The smallest absolute Gasteiger partial charge is 0.321 e.